The average molecular weight is 372 g/mol. The Bertz CT molecular complexity index is 938. The number of hydrogen-bond donors (Lipinski definition) is 0. The third kappa shape index (κ3) is 3.90. The van der Waals surface area contributed by atoms with E-state index in [1.165, 1.54) is 9.87 Å². The molecule has 0 aliphatic carbocycles. The second-order valence-electron chi connectivity index (χ2n) is 6.87. The van der Waals surface area contributed by atoms with Gasteiger partial charge in [0, 0.05) is 13.1 Å². The molecule has 26 heavy (non-hydrogen) atoms. The molecule has 0 radical (unpaired) electrons. The Morgan fingerprint density at radius 3 is 2.42 bits per heavy atom. The van der Waals surface area contributed by atoms with Crippen molar-refractivity contribution in [3.63, 3.8) is 0 Å². The van der Waals surface area contributed by atoms with Gasteiger partial charge in [-0.15, -0.1) is 0 Å². The second kappa shape index (κ2) is 7.11. The van der Waals surface area contributed by atoms with E-state index < -0.39 is 10.0 Å². The molecule has 0 saturated carbocycles. The number of anilines is 1. The number of carbonyl (C=O) groups is 1. The van der Waals surface area contributed by atoms with Gasteiger partial charge in [0.05, 0.1) is 11.9 Å². The highest BCUT2D eigenvalue weighted by molar-refractivity contribution is 7.92. The van der Waals surface area contributed by atoms with Crippen LogP contribution in [0.25, 0.3) is 0 Å². The van der Waals surface area contributed by atoms with Gasteiger partial charge in [-0.3, -0.25) is 9.10 Å². The van der Waals surface area contributed by atoms with E-state index in [0.717, 1.165) is 29.4 Å². The monoisotopic (exact) mass is 372 g/mol. The van der Waals surface area contributed by atoms with E-state index in [9.17, 15) is 13.2 Å². The normalized spacial score (nSPS) is 14.0. The van der Waals surface area contributed by atoms with Crippen LogP contribution in [0.4, 0.5) is 5.69 Å². The topological polar surface area (TPSA) is 57.7 Å². The van der Waals surface area contributed by atoms with E-state index in [0.29, 0.717) is 18.8 Å². The summed E-state index contributed by atoms with van der Waals surface area (Å²) in [7, 11) is -3.56. The van der Waals surface area contributed by atoms with Gasteiger partial charge < -0.3 is 4.90 Å². The lowest BCUT2D eigenvalue weighted by Gasteiger charge is -2.31. The molecule has 0 bridgehead atoms. The summed E-state index contributed by atoms with van der Waals surface area (Å²) in [4.78, 5) is 14.5. The van der Waals surface area contributed by atoms with E-state index in [1.54, 1.807) is 11.0 Å². The number of rotatable bonds is 4. The minimum Gasteiger partial charge on any atom is -0.336 e. The molecule has 0 N–H and O–H groups in total. The van der Waals surface area contributed by atoms with Gasteiger partial charge >= 0.3 is 0 Å². The van der Waals surface area contributed by atoms with Gasteiger partial charge in [0.1, 0.15) is 6.54 Å². The Labute approximate surface area is 155 Å². The molecular formula is C20H24N2O3S. The Balaban J connectivity index is 1.81. The molecule has 1 heterocycles. The average Bonchev–Trinajstić information content (AvgIpc) is 2.60. The first kappa shape index (κ1) is 18.5. The number of hydrogen-bond acceptors (Lipinski definition) is 3. The summed E-state index contributed by atoms with van der Waals surface area (Å²) in [6.07, 6.45) is 1.94. The molecule has 0 unspecified atom stereocenters. The molecule has 138 valence electrons. The van der Waals surface area contributed by atoms with E-state index in [-0.39, 0.29) is 12.5 Å². The maximum Gasteiger partial charge on any atom is 0.243 e. The maximum atomic E-state index is 12.8. The lowest BCUT2D eigenvalue weighted by atomic mass is 10.00. The lowest BCUT2D eigenvalue weighted by Crippen LogP contribution is -2.44. The quantitative estimate of drug-likeness (QED) is 0.829. The van der Waals surface area contributed by atoms with Gasteiger partial charge in [-0.05, 0) is 54.7 Å². The lowest BCUT2D eigenvalue weighted by molar-refractivity contribution is -0.130. The summed E-state index contributed by atoms with van der Waals surface area (Å²) in [5, 5.41) is 0. The molecule has 3 rings (SSSR count). The first-order chi connectivity index (χ1) is 12.3. The number of nitrogens with zero attached hydrogens (tertiary/aromatic N) is 2. The van der Waals surface area contributed by atoms with Gasteiger partial charge in [0.2, 0.25) is 15.9 Å². The van der Waals surface area contributed by atoms with Crippen molar-refractivity contribution in [2.45, 2.75) is 26.8 Å². The van der Waals surface area contributed by atoms with Crippen molar-refractivity contribution in [2.24, 2.45) is 0 Å². The maximum absolute atomic E-state index is 12.8. The zero-order valence-electron chi connectivity index (χ0n) is 15.4. The van der Waals surface area contributed by atoms with Crippen molar-refractivity contribution in [3.8, 4) is 0 Å². The predicted octanol–water partition coefficient (Wildman–Crippen LogP) is 2.65. The van der Waals surface area contributed by atoms with Gasteiger partial charge in [-0.2, -0.15) is 0 Å². The number of amides is 1. The molecule has 0 saturated heterocycles. The van der Waals surface area contributed by atoms with Crippen molar-refractivity contribution in [1.82, 2.24) is 4.90 Å². The number of sulfonamides is 1. The van der Waals surface area contributed by atoms with E-state index in [4.69, 9.17) is 0 Å². The molecule has 2 aromatic carbocycles. The Morgan fingerprint density at radius 1 is 1.08 bits per heavy atom. The van der Waals surface area contributed by atoms with Crippen LogP contribution in [-0.2, 0) is 27.8 Å². The van der Waals surface area contributed by atoms with E-state index in [1.807, 2.05) is 44.2 Å². The van der Waals surface area contributed by atoms with E-state index >= 15 is 0 Å². The van der Waals surface area contributed by atoms with Crippen LogP contribution in [-0.4, -0.2) is 38.6 Å². The van der Waals surface area contributed by atoms with Crippen LogP contribution in [0, 0.1) is 13.8 Å². The summed E-state index contributed by atoms with van der Waals surface area (Å²) in [6, 6.07) is 13.5. The highest BCUT2D eigenvalue weighted by Crippen LogP contribution is 2.23. The molecule has 1 aliphatic heterocycles. The van der Waals surface area contributed by atoms with Crippen LogP contribution >= 0.6 is 0 Å². The fourth-order valence-electron chi connectivity index (χ4n) is 3.21. The second-order valence-corrected chi connectivity index (χ2v) is 8.78. The summed E-state index contributed by atoms with van der Waals surface area (Å²) in [5.74, 6) is -0.178. The van der Waals surface area contributed by atoms with Crippen molar-refractivity contribution < 1.29 is 13.2 Å². The molecule has 0 atom stereocenters. The molecule has 2 aromatic rings. The van der Waals surface area contributed by atoms with Gasteiger partial charge in [0.15, 0.2) is 0 Å². The Kier molecular flexibility index (Phi) is 5.05. The highest BCUT2D eigenvalue weighted by atomic mass is 32.2. The largest absolute Gasteiger partial charge is 0.336 e. The fourth-order valence-corrected chi connectivity index (χ4v) is 4.05. The van der Waals surface area contributed by atoms with Crippen LogP contribution in [0.15, 0.2) is 42.5 Å². The van der Waals surface area contributed by atoms with Crippen LogP contribution < -0.4 is 4.31 Å². The van der Waals surface area contributed by atoms with Gasteiger partial charge in [-0.25, -0.2) is 8.42 Å². The molecule has 1 amide bonds. The number of aryl methyl sites for hydroxylation is 2. The molecular weight excluding hydrogens is 348 g/mol. The standard InChI is InChI=1S/C20H24N2O3S/c1-15-8-9-19(12-16(15)2)22(26(3,24)25)14-20(23)21-11-10-17-6-4-5-7-18(17)13-21/h4-9,12H,10-11,13-14H2,1-3H3. The van der Waals surface area contributed by atoms with Crippen LogP contribution in [0.5, 0.6) is 0 Å². The van der Waals surface area contributed by atoms with Crippen molar-refractivity contribution in [3.05, 3.63) is 64.7 Å². The molecule has 5 nitrogen and oxygen atoms in total. The summed E-state index contributed by atoms with van der Waals surface area (Å²) < 4.78 is 25.8. The van der Waals surface area contributed by atoms with E-state index in [2.05, 4.69) is 6.07 Å². The molecule has 6 heteroatoms. The third-order valence-corrected chi connectivity index (χ3v) is 6.08. The fraction of sp³-hybridized carbons (Fsp3) is 0.350. The first-order valence-corrected chi connectivity index (χ1v) is 10.5. The molecule has 0 aromatic heterocycles. The molecule has 0 spiro atoms. The molecule has 1 aliphatic rings. The van der Waals surface area contributed by atoms with Crippen LogP contribution in [0.1, 0.15) is 22.3 Å². The van der Waals surface area contributed by atoms with Gasteiger partial charge in [-0.1, -0.05) is 30.3 Å². The van der Waals surface area contributed by atoms with Crippen LogP contribution in [0.2, 0.25) is 0 Å². The Hall–Kier alpha value is -2.34. The minimum atomic E-state index is -3.56. The Morgan fingerprint density at radius 2 is 1.77 bits per heavy atom. The van der Waals surface area contributed by atoms with Crippen molar-refractivity contribution in [2.75, 3.05) is 23.7 Å². The first-order valence-electron chi connectivity index (χ1n) is 8.65. The van der Waals surface area contributed by atoms with Crippen LogP contribution in [0.3, 0.4) is 0 Å². The van der Waals surface area contributed by atoms with Gasteiger partial charge in [0.25, 0.3) is 0 Å². The zero-order valence-corrected chi connectivity index (χ0v) is 16.2. The number of benzene rings is 2. The zero-order chi connectivity index (χ0) is 18.9. The minimum absolute atomic E-state index is 0.177. The predicted molar refractivity (Wildman–Crippen MR) is 104 cm³/mol. The SMILES string of the molecule is Cc1ccc(N(CC(=O)N2CCc3ccccc3C2)S(C)(=O)=O)cc1C. The van der Waals surface area contributed by atoms with Crippen molar-refractivity contribution >= 4 is 21.6 Å². The summed E-state index contributed by atoms with van der Waals surface area (Å²) in [5.41, 5.74) is 4.99. The number of fused-ring (bicyclic) bond motifs is 1. The summed E-state index contributed by atoms with van der Waals surface area (Å²) in [6.45, 7) is 4.87. The highest BCUT2D eigenvalue weighted by Gasteiger charge is 2.26. The number of carbonyl (C=O) groups excluding carboxylic acids is 1. The molecule has 0 fully saturated rings. The summed E-state index contributed by atoms with van der Waals surface area (Å²) >= 11 is 0. The third-order valence-electron chi connectivity index (χ3n) is 4.94. The van der Waals surface area contributed by atoms with Crippen molar-refractivity contribution in [1.29, 1.82) is 0 Å². The smallest absolute Gasteiger partial charge is 0.243 e.